The number of nitrogens with zero attached hydrogens (tertiary/aromatic N) is 3. The SMILES string of the molecule is CCOC(=O)c1csc(CCc2cc(N(C)C)c3c(c2O)C(O)=C2C(=O)[C@]4(O)C(O)=C(C(N)=O)C(=O)C(N(C)C)[C@@H]4C[C@@H]2C3)n1. The number of hydrogen-bond acceptors (Lipinski definition) is 13. The van der Waals surface area contributed by atoms with Gasteiger partial charge in [0.1, 0.15) is 22.8 Å². The van der Waals surface area contributed by atoms with Gasteiger partial charge < -0.3 is 35.8 Å². The first-order chi connectivity index (χ1) is 21.1. The number of nitrogens with two attached hydrogens (primary N) is 1. The Balaban J connectivity index is 1.60. The van der Waals surface area contributed by atoms with Gasteiger partial charge in [0.15, 0.2) is 17.1 Å². The summed E-state index contributed by atoms with van der Waals surface area (Å²) in [6.45, 7) is 1.92. The van der Waals surface area contributed by atoms with E-state index >= 15 is 0 Å². The van der Waals surface area contributed by atoms with Crippen molar-refractivity contribution < 1.29 is 44.3 Å². The molecule has 0 aliphatic heterocycles. The maximum Gasteiger partial charge on any atom is 0.357 e. The van der Waals surface area contributed by atoms with E-state index in [1.165, 1.54) is 16.2 Å². The molecule has 0 spiro atoms. The summed E-state index contributed by atoms with van der Waals surface area (Å²) in [5.41, 5.74) is 3.56. The van der Waals surface area contributed by atoms with E-state index in [0.29, 0.717) is 28.2 Å². The number of hydrogen-bond donors (Lipinski definition) is 5. The number of amides is 1. The van der Waals surface area contributed by atoms with Crippen LogP contribution in [0.4, 0.5) is 5.69 Å². The van der Waals surface area contributed by atoms with Crippen molar-refractivity contribution in [3.63, 3.8) is 0 Å². The second-order valence-corrected chi connectivity index (χ2v) is 12.9. The number of aliphatic hydroxyl groups is 3. The molecular weight excluding hydrogens is 604 g/mol. The molecule has 3 aliphatic rings. The zero-order valence-electron chi connectivity index (χ0n) is 25.6. The second kappa shape index (κ2) is 11.6. The van der Waals surface area contributed by atoms with Crippen molar-refractivity contribution in [1.29, 1.82) is 0 Å². The number of likely N-dealkylation sites (N-methyl/N-ethyl adjacent to an activating group) is 1. The van der Waals surface area contributed by atoms with Crippen molar-refractivity contribution in [3.8, 4) is 5.75 Å². The van der Waals surface area contributed by atoms with Crippen LogP contribution >= 0.6 is 11.3 Å². The molecule has 1 aromatic heterocycles. The topological polar surface area (TPSA) is 204 Å². The predicted molar refractivity (Wildman–Crippen MR) is 164 cm³/mol. The summed E-state index contributed by atoms with van der Waals surface area (Å²) >= 11 is 1.28. The number of phenolic OH excluding ortho intramolecular Hbond substituents is 1. The second-order valence-electron chi connectivity index (χ2n) is 12.0. The first-order valence-electron chi connectivity index (χ1n) is 14.5. The molecule has 1 heterocycles. The van der Waals surface area contributed by atoms with Gasteiger partial charge in [0.25, 0.3) is 5.91 Å². The van der Waals surface area contributed by atoms with Crippen LogP contribution in [-0.4, -0.2) is 100 Å². The number of aliphatic hydroxyl groups excluding tert-OH is 2. The Morgan fingerprint density at radius 2 is 1.84 bits per heavy atom. The maximum atomic E-state index is 14.1. The molecule has 45 heavy (non-hydrogen) atoms. The normalized spacial score (nSPS) is 24.4. The first-order valence-corrected chi connectivity index (χ1v) is 15.3. The lowest BCUT2D eigenvalue weighted by atomic mass is 9.57. The third-order valence-electron chi connectivity index (χ3n) is 8.90. The molecule has 6 N–H and O–H groups in total. The molecule has 3 aliphatic carbocycles. The molecule has 0 bridgehead atoms. The minimum absolute atomic E-state index is 0.00793. The molecule has 5 rings (SSSR count). The molecular formula is C31H36N4O9S. The van der Waals surface area contributed by atoms with Crippen LogP contribution in [-0.2, 0) is 38.4 Å². The minimum Gasteiger partial charge on any atom is -0.508 e. The van der Waals surface area contributed by atoms with Crippen LogP contribution in [0.15, 0.2) is 28.4 Å². The van der Waals surface area contributed by atoms with E-state index in [1.807, 2.05) is 4.90 Å². The van der Waals surface area contributed by atoms with Crippen LogP contribution in [0.25, 0.3) is 5.76 Å². The van der Waals surface area contributed by atoms with E-state index in [9.17, 15) is 39.6 Å². The van der Waals surface area contributed by atoms with Gasteiger partial charge in [-0.2, -0.15) is 0 Å². The Morgan fingerprint density at radius 3 is 2.44 bits per heavy atom. The van der Waals surface area contributed by atoms with Gasteiger partial charge in [-0.05, 0) is 63.4 Å². The average molecular weight is 641 g/mol. The van der Waals surface area contributed by atoms with Crippen LogP contribution in [0.1, 0.15) is 45.5 Å². The van der Waals surface area contributed by atoms with Crippen molar-refractivity contribution in [2.75, 3.05) is 39.7 Å². The Hall–Kier alpha value is -4.27. The molecule has 1 saturated carbocycles. The van der Waals surface area contributed by atoms with Crippen LogP contribution in [0.3, 0.4) is 0 Å². The highest BCUT2D eigenvalue weighted by Gasteiger charge is 2.64. The van der Waals surface area contributed by atoms with Crippen molar-refractivity contribution in [3.05, 3.63) is 55.7 Å². The zero-order chi connectivity index (χ0) is 33.1. The summed E-state index contributed by atoms with van der Waals surface area (Å²) in [6, 6.07) is 0.648. The molecule has 1 unspecified atom stereocenters. The Morgan fingerprint density at radius 1 is 1.16 bits per heavy atom. The number of phenols is 1. The van der Waals surface area contributed by atoms with Crippen molar-refractivity contribution in [2.24, 2.45) is 17.6 Å². The molecule has 13 nitrogen and oxygen atoms in total. The van der Waals surface area contributed by atoms with Gasteiger partial charge in [-0.3, -0.25) is 19.3 Å². The fourth-order valence-electron chi connectivity index (χ4n) is 6.90. The highest BCUT2D eigenvalue weighted by Crippen LogP contribution is 2.54. The van der Waals surface area contributed by atoms with Crippen molar-refractivity contribution >= 4 is 46.2 Å². The van der Waals surface area contributed by atoms with E-state index in [-0.39, 0.29) is 48.4 Å². The number of benzene rings is 1. The van der Waals surface area contributed by atoms with E-state index in [2.05, 4.69) is 4.98 Å². The standard InChI is InChI=1S/C31H36N4O9S/c1-6-44-30(42)17-12-45-19(33-17)8-7-13-11-18(34(2)3)15-9-14-10-16-23(35(4)5)26(38)22(29(32)41)28(40)31(16,43)27(39)20(14)25(37)21(15)24(13)36/h11-12,14,16,23,36-37,40,43H,6-10H2,1-5H3,(H2,32,41)/t14-,16-,23?,31-/m0/s1. The molecule has 0 radical (unpaired) electrons. The van der Waals surface area contributed by atoms with Crippen LogP contribution < -0.4 is 10.6 Å². The molecule has 0 saturated heterocycles. The number of aromatic nitrogens is 1. The number of anilines is 1. The Kier molecular flexibility index (Phi) is 8.27. The van der Waals surface area contributed by atoms with E-state index in [4.69, 9.17) is 10.5 Å². The molecule has 4 atom stereocenters. The summed E-state index contributed by atoms with van der Waals surface area (Å²) in [7, 11) is 6.72. The number of thiazole rings is 1. The summed E-state index contributed by atoms with van der Waals surface area (Å²) in [5.74, 6) is -7.43. The van der Waals surface area contributed by atoms with E-state index in [1.54, 1.807) is 46.6 Å². The van der Waals surface area contributed by atoms with E-state index < -0.39 is 64.0 Å². The van der Waals surface area contributed by atoms with Crippen LogP contribution in [0.2, 0.25) is 0 Å². The lowest BCUT2D eigenvalue weighted by molar-refractivity contribution is -0.153. The first kappa shape index (κ1) is 32.1. The number of ether oxygens (including phenoxy) is 1. The average Bonchev–Trinajstić information content (AvgIpc) is 3.43. The number of fused-ring (bicyclic) bond motifs is 3. The summed E-state index contributed by atoms with van der Waals surface area (Å²) in [5, 5.41) is 48.3. The van der Waals surface area contributed by atoms with E-state index in [0.717, 1.165) is 0 Å². The van der Waals surface area contributed by atoms with Crippen LogP contribution in [0, 0.1) is 11.8 Å². The maximum absolute atomic E-state index is 14.1. The third kappa shape index (κ3) is 4.96. The highest BCUT2D eigenvalue weighted by atomic mass is 32.1. The summed E-state index contributed by atoms with van der Waals surface area (Å²) in [4.78, 5) is 59.3. The lowest BCUT2D eigenvalue weighted by Crippen LogP contribution is -2.65. The number of aromatic hydroxyl groups is 1. The number of Topliss-reactive ketones (excluding diaryl/α,β-unsaturated/α-hetero) is 2. The quantitative estimate of drug-likeness (QED) is 0.206. The van der Waals surface area contributed by atoms with Crippen LogP contribution in [0.5, 0.6) is 5.75 Å². The molecule has 1 fully saturated rings. The fourth-order valence-corrected chi connectivity index (χ4v) is 7.67. The number of rotatable bonds is 8. The molecule has 240 valence electrons. The van der Waals surface area contributed by atoms with Crippen molar-refractivity contribution in [1.82, 2.24) is 9.88 Å². The zero-order valence-corrected chi connectivity index (χ0v) is 26.4. The summed E-state index contributed by atoms with van der Waals surface area (Å²) in [6.07, 6.45) is 0.831. The number of ketones is 2. The predicted octanol–water partition coefficient (Wildman–Crippen LogP) is 1.45. The lowest BCUT2D eigenvalue weighted by Gasteiger charge is -2.50. The Bertz CT molecular complexity index is 1690. The van der Waals surface area contributed by atoms with Crippen molar-refractivity contribution in [2.45, 2.75) is 44.2 Å². The number of esters is 1. The fraction of sp³-hybridized carbons (Fsp3) is 0.452. The monoisotopic (exact) mass is 640 g/mol. The van der Waals surface area contributed by atoms with Gasteiger partial charge >= 0.3 is 5.97 Å². The smallest absolute Gasteiger partial charge is 0.357 e. The van der Waals surface area contributed by atoms with Gasteiger partial charge in [0.05, 0.1) is 23.2 Å². The minimum atomic E-state index is -2.70. The largest absolute Gasteiger partial charge is 0.508 e. The molecule has 2 aromatic rings. The number of primary amides is 1. The summed E-state index contributed by atoms with van der Waals surface area (Å²) < 4.78 is 5.00. The van der Waals surface area contributed by atoms with Gasteiger partial charge in [0, 0.05) is 43.1 Å². The number of carbonyl (C=O) groups excluding carboxylic acids is 4. The molecule has 1 amide bonds. The van der Waals surface area contributed by atoms with Gasteiger partial charge in [-0.25, -0.2) is 9.78 Å². The third-order valence-corrected chi connectivity index (χ3v) is 9.81. The van der Waals surface area contributed by atoms with Gasteiger partial charge in [0.2, 0.25) is 5.78 Å². The number of carbonyl (C=O) groups is 4. The molecule has 1 aromatic carbocycles. The van der Waals surface area contributed by atoms with Gasteiger partial charge in [-0.1, -0.05) is 0 Å². The molecule has 14 heteroatoms. The Labute approximate surface area is 263 Å². The van der Waals surface area contributed by atoms with Gasteiger partial charge in [-0.15, -0.1) is 11.3 Å². The highest BCUT2D eigenvalue weighted by molar-refractivity contribution is 7.09. The number of aryl methyl sites for hydroxylation is 2.